The van der Waals surface area contributed by atoms with Crippen molar-refractivity contribution in [3.63, 3.8) is 0 Å². The van der Waals surface area contributed by atoms with E-state index in [0.29, 0.717) is 34.0 Å². The highest BCUT2D eigenvalue weighted by molar-refractivity contribution is 6.07. The van der Waals surface area contributed by atoms with Crippen molar-refractivity contribution in [3.8, 4) is 5.69 Å². The number of aromatic nitrogens is 2. The van der Waals surface area contributed by atoms with Crippen molar-refractivity contribution in [1.29, 1.82) is 0 Å². The van der Waals surface area contributed by atoms with Crippen LogP contribution < -0.4 is 10.6 Å². The number of nitrogens with one attached hydrogen (secondary N) is 2. The third-order valence-electron chi connectivity index (χ3n) is 4.93. The molecule has 2 N–H and O–H groups in total. The van der Waals surface area contributed by atoms with Crippen LogP contribution in [0.1, 0.15) is 32.0 Å². The summed E-state index contributed by atoms with van der Waals surface area (Å²) >= 11 is 0. The molecule has 6 nitrogen and oxygen atoms in total. The zero-order chi connectivity index (χ0) is 22.7. The van der Waals surface area contributed by atoms with Gasteiger partial charge in [0.15, 0.2) is 0 Å². The normalized spacial score (nSPS) is 10.6. The van der Waals surface area contributed by atoms with Gasteiger partial charge >= 0.3 is 0 Å². The molecule has 1 heterocycles. The summed E-state index contributed by atoms with van der Waals surface area (Å²) in [5, 5.41) is 10.1. The highest BCUT2D eigenvalue weighted by Gasteiger charge is 2.15. The minimum absolute atomic E-state index is 0.253. The lowest BCUT2D eigenvalue weighted by atomic mass is 10.1. The fraction of sp³-hybridized carbons (Fsp3) is 0.0800. The van der Waals surface area contributed by atoms with Gasteiger partial charge in [-0.05, 0) is 67.9 Å². The molecular weight excluding hydrogens is 407 g/mol. The van der Waals surface area contributed by atoms with E-state index in [2.05, 4.69) is 15.7 Å². The van der Waals surface area contributed by atoms with Crippen molar-refractivity contribution < 1.29 is 14.0 Å². The molecule has 0 bridgehead atoms. The number of rotatable bonds is 5. The van der Waals surface area contributed by atoms with Crippen LogP contribution in [-0.4, -0.2) is 21.6 Å². The molecule has 0 radical (unpaired) electrons. The first kappa shape index (κ1) is 21.0. The maximum Gasteiger partial charge on any atom is 0.256 e. The van der Waals surface area contributed by atoms with Crippen LogP contribution in [0.25, 0.3) is 5.69 Å². The van der Waals surface area contributed by atoms with Crippen molar-refractivity contribution in [3.05, 3.63) is 107 Å². The number of aryl methyl sites for hydroxylation is 2. The van der Waals surface area contributed by atoms with Crippen LogP contribution in [0.3, 0.4) is 0 Å². The number of hydrogen-bond donors (Lipinski definition) is 2. The lowest BCUT2D eigenvalue weighted by Gasteiger charge is -2.12. The molecule has 1 aromatic heterocycles. The third-order valence-corrected chi connectivity index (χ3v) is 4.93. The summed E-state index contributed by atoms with van der Waals surface area (Å²) in [7, 11) is 0. The first-order valence-corrected chi connectivity index (χ1v) is 10.0. The molecule has 0 atom stereocenters. The maximum absolute atomic E-state index is 13.3. The number of anilines is 2. The topological polar surface area (TPSA) is 76.0 Å². The van der Waals surface area contributed by atoms with E-state index in [1.54, 1.807) is 72.3 Å². The van der Waals surface area contributed by atoms with Crippen molar-refractivity contribution in [2.75, 3.05) is 10.6 Å². The highest BCUT2D eigenvalue weighted by Crippen LogP contribution is 2.21. The second-order valence-corrected chi connectivity index (χ2v) is 7.36. The predicted octanol–water partition coefficient (Wildman–Crippen LogP) is 5.13. The molecule has 0 spiro atoms. The Balaban J connectivity index is 1.57. The standard InChI is InChI=1S/C25H21FN4O2/c1-16-8-9-19(15-22(16)27-24(31)18-6-4-3-5-7-18)25(32)28-23-14-17(2)29-30(23)21-12-10-20(26)11-13-21/h3-15H,1-2H3,(H,27,31)(H,28,32). The van der Waals surface area contributed by atoms with E-state index >= 15 is 0 Å². The number of carbonyl (C=O) groups is 2. The van der Waals surface area contributed by atoms with Crippen molar-refractivity contribution in [2.45, 2.75) is 13.8 Å². The van der Waals surface area contributed by atoms with Gasteiger partial charge in [0.05, 0.1) is 11.4 Å². The van der Waals surface area contributed by atoms with Crippen LogP contribution in [0.2, 0.25) is 0 Å². The molecule has 0 aliphatic rings. The minimum atomic E-state index is -0.358. The van der Waals surface area contributed by atoms with E-state index in [-0.39, 0.29) is 17.6 Å². The number of benzene rings is 3. The summed E-state index contributed by atoms with van der Waals surface area (Å²) in [6, 6.07) is 21.5. The highest BCUT2D eigenvalue weighted by atomic mass is 19.1. The average Bonchev–Trinajstić information content (AvgIpc) is 3.16. The van der Waals surface area contributed by atoms with E-state index in [9.17, 15) is 14.0 Å². The van der Waals surface area contributed by atoms with Gasteiger partial charge in [0.2, 0.25) is 0 Å². The Morgan fingerprint density at radius 2 is 1.50 bits per heavy atom. The lowest BCUT2D eigenvalue weighted by Crippen LogP contribution is -2.17. The van der Waals surface area contributed by atoms with Crippen LogP contribution in [0.15, 0.2) is 78.9 Å². The SMILES string of the molecule is Cc1cc(NC(=O)c2ccc(C)c(NC(=O)c3ccccc3)c2)n(-c2ccc(F)cc2)n1. The van der Waals surface area contributed by atoms with E-state index < -0.39 is 0 Å². The molecule has 3 aromatic carbocycles. The molecule has 0 fully saturated rings. The summed E-state index contributed by atoms with van der Waals surface area (Å²) in [5.74, 6) is -0.512. The smallest absolute Gasteiger partial charge is 0.256 e. The van der Waals surface area contributed by atoms with Crippen LogP contribution in [0.5, 0.6) is 0 Å². The Bertz CT molecular complexity index is 1280. The molecule has 4 rings (SSSR count). The molecule has 0 saturated heterocycles. The van der Waals surface area contributed by atoms with Crippen molar-refractivity contribution in [2.24, 2.45) is 0 Å². The van der Waals surface area contributed by atoms with Crippen LogP contribution >= 0.6 is 0 Å². The quantitative estimate of drug-likeness (QED) is 0.463. The van der Waals surface area contributed by atoms with E-state index in [0.717, 1.165) is 5.56 Å². The van der Waals surface area contributed by atoms with Crippen LogP contribution in [0.4, 0.5) is 15.9 Å². The molecule has 2 amide bonds. The zero-order valence-corrected chi connectivity index (χ0v) is 17.6. The fourth-order valence-corrected chi connectivity index (χ4v) is 3.24. The van der Waals surface area contributed by atoms with Gasteiger partial charge in [-0.15, -0.1) is 0 Å². The maximum atomic E-state index is 13.3. The summed E-state index contributed by atoms with van der Waals surface area (Å²) in [6.45, 7) is 3.66. The lowest BCUT2D eigenvalue weighted by molar-refractivity contribution is 0.101. The fourth-order valence-electron chi connectivity index (χ4n) is 3.24. The molecule has 0 aliphatic heterocycles. The first-order chi connectivity index (χ1) is 15.4. The van der Waals surface area contributed by atoms with Gasteiger partial charge in [-0.1, -0.05) is 24.3 Å². The Labute approximate surface area is 184 Å². The van der Waals surface area contributed by atoms with Gasteiger partial charge in [-0.2, -0.15) is 5.10 Å². The number of amides is 2. The van der Waals surface area contributed by atoms with Gasteiger partial charge < -0.3 is 10.6 Å². The Hall–Kier alpha value is -4.26. The first-order valence-electron chi connectivity index (χ1n) is 10.0. The van der Waals surface area contributed by atoms with Crippen molar-refractivity contribution in [1.82, 2.24) is 9.78 Å². The molecule has 0 unspecified atom stereocenters. The molecule has 0 aliphatic carbocycles. The Kier molecular flexibility index (Phi) is 5.81. The van der Waals surface area contributed by atoms with Gasteiger partial charge in [0, 0.05) is 22.9 Å². The van der Waals surface area contributed by atoms with E-state index in [1.165, 1.54) is 12.1 Å². The molecule has 7 heteroatoms. The predicted molar refractivity (Wildman–Crippen MR) is 122 cm³/mol. The number of carbonyl (C=O) groups excluding carboxylic acids is 2. The Morgan fingerprint density at radius 3 is 2.22 bits per heavy atom. The number of hydrogen-bond acceptors (Lipinski definition) is 3. The molecule has 160 valence electrons. The van der Waals surface area contributed by atoms with E-state index in [1.807, 2.05) is 13.0 Å². The summed E-state index contributed by atoms with van der Waals surface area (Å²) in [4.78, 5) is 25.5. The van der Waals surface area contributed by atoms with Crippen LogP contribution in [-0.2, 0) is 0 Å². The number of nitrogens with zero attached hydrogens (tertiary/aromatic N) is 2. The average molecular weight is 428 g/mol. The second-order valence-electron chi connectivity index (χ2n) is 7.36. The van der Waals surface area contributed by atoms with Gasteiger partial charge in [0.25, 0.3) is 11.8 Å². The van der Waals surface area contributed by atoms with E-state index in [4.69, 9.17) is 0 Å². The Morgan fingerprint density at radius 1 is 0.812 bits per heavy atom. The van der Waals surface area contributed by atoms with Gasteiger partial charge in [-0.25, -0.2) is 9.07 Å². The summed E-state index contributed by atoms with van der Waals surface area (Å²) < 4.78 is 14.8. The molecule has 0 saturated carbocycles. The van der Waals surface area contributed by atoms with Gasteiger partial charge in [-0.3, -0.25) is 9.59 Å². The summed E-state index contributed by atoms with van der Waals surface area (Å²) in [6.07, 6.45) is 0. The minimum Gasteiger partial charge on any atom is -0.322 e. The summed E-state index contributed by atoms with van der Waals surface area (Å²) in [5.41, 5.74) is 3.61. The van der Waals surface area contributed by atoms with Crippen LogP contribution in [0, 0.1) is 19.7 Å². The zero-order valence-electron chi connectivity index (χ0n) is 17.6. The number of halogens is 1. The van der Waals surface area contributed by atoms with Crippen molar-refractivity contribution >= 4 is 23.3 Å². The van der Waals surface area contributed by atoms with Gasteiger partial charge in [0.1, 0.15) is 11.6 Å². The molecule has 32 heavy (non-hydrogen) atoms. The monoisotopic (exact) mass is 428 g/mol. The third kappa shape index (κ3) is 4.57. The second kappa shape index (κ2) is 8.85. The largest absolute Gasteiger partial charge is 0.322 e. The molecular formula is C25H21FN4O2. The molecule has 4 aromatic rings.